The molecule has 0 unspecified atom stereocenters. The number of hydrogen-bond donors (Lipinski definition) is 2. The maximum Gasteiger partial charge on any atom is 0.246 e. The molecule has 0 radical (unpaired) electrons. The van der Waals surface area contributed by atoms with Crippen LogP contribution in [-0.2, 0) is 19.1 Å². The van der Waals surface area contributed by atoms with Crippen LogP contribution in [-0.4, -0.2) is 85.5 Å². The third kappa shape index (κ3) is 4.30. The van der Waals surface area contributed by atoms with Crippen LogP contribution in [0.25, 0.3) is 0 Å². The van der Waals surface area contributed by atoms with Gasteiger partial charge in [-0.1, -0.05) is 0 Å². The maximum absolute atomic E-state index is 12.3. The molecule has 25 heavy (non-hydrogen) atoms. The molecule has 3 atom stereocenters. The molecule has 0 aromatic carbocycles. The lowest BCUT2D eigenvalue weighted by atomic mass is 10.0. The highest BCUT2D eigenvalue weighted by atomic mass is 16.5. The number of nitrogens with one attached hydrogen (secondary N) is 2. The maximum atomic E-state index is 12.3. The Bertz CT molecular complexity index is 521. The first-order valence-electron chi connectivity index (χ1n) is 9.18. The van der Waals surface area contributed by atoms with Gasteiger partial charge < -0.3 is 20.3 Å². The monoisotopic (exact) mass is 352 g/mol. The van der Waals surface area contributed by atoms with Crippen molar-refractivity contribution in [1.82, 2.24) is 20.4 Å². The lowest BCUT2D eigenvalue weighted by molar-refractivity contribution is -0.131. The summed E-state index contributed by atoms with van der Waals surface area (Å²) in [5.41, 5.74) is 0. The zero-order valence-electron chi connectivity index (χ0n) is 14.8. The second kappa shape index (κ2) is 8.14. The predicted molar refractivity (Wildman–Crippen MR) is 90.8 cm³/mol. The summed E-state index contributed by atoms with van der Waals surface area (Å²) in [6, 6.07) is -0.111. The summed E-state index contributed by atoms with van der Waals surface area (Å²) >= 11 is 0. The van der Waals surface area contributed by atoms with Crippen molar-refractivity contribution in [3.63, 3.8) is 0 Å². The fraction of sp³-hybridized carbons (Fsp3) is 0.824. The Kier molecular flexibility index (Phi) is 5.90. The van der Waals surface area contributed by atoms with Crippen molar-refractivity contribution in [3.8, 4) is 0 Å². The van der Waals surface area contributed by atoms with Gasteiger partial charge >= 0.3 is 0 Å². The molecule has 0 spiro atoms. The Morgan fingerprint density at radius 2 is 2.08 bits per heavy atom. The molecule has 3 fully saturated rings. The van der Waals surface area contributed by atoms with E-state index in [2.05, 4.69) is 15.5 Å². The molecular formula is C17H28N4O4. The first-order chi connectivity index (χ1) is 12.1. The second-order valence-corrected chi connectivity index (χ2v) is 7.17. The summed E-state index contributed by atoms with van der Waals surface area (Å²) in [5.74, 6) is 0.0780. The topological polar surface area (TPSA) is 91.0 Å². The lowest BCUT2D eigenvalue weighted by Gasteiger charge is -2.37. The Balaban J connectivity index is 1.53. The van der Waals surface area contributed by atoms with Gasteiger partial charge in [-0.3, -0.25) is 19.3 Å². The minimum atomic E-state index is -0.214. The number of fused-ring (bicyclic) bond motifs is 1. The smallest absolute Gasteiger partial charge is 0.246 e. The highest BCUT2D eigenvalue weighted by Gasteiger charge is 2.43. The van der Waals surface area contributed by atoms with E-state index in [0.717, 1.165) is 32.4 Å². The predicted octanol–water partition coefficient (Wildman–Crippen LogP) is -0.907. The van der Waals surface area contributed by atoms with Gasteiger partial charge in [-0.05, 0) is 25.7 Å². The molecule has 3 saturated heterocycles. The van der Waals surface area contributed by atoms with Crippen LogP contribution >= 0.6 is 0 Å². The van der Waals surface area contributed by atoms with Crippen LogP contribution in [0.1, 0.15) is 32.1 Å². The molecule has 3 amide bonds. The van der Waals surface area contributed by atoms with E-state index in [1.807, 2.05) is 4.90 Å². The molecule has 8 heteroatoms. The molecule has 0 aromatic rings. The van der Waals surface area contributed by atoms with Crippen LogP contribution in [0.2, 0.25) is 0 Å². The van der Waals surface area contributed by atoms with Gasteiger partial charge in [-0.15, -0.1) is 0 Å². The SMILES string of the molecule is COCC(=O)N[C@H]1C[C@H]2C(=O)NC[C@@H](CCC(=O)N3CCCC3)N2C1. The molecule has 3 aliphatic heterocycles. The zero-order valence-corrected chi connectivity index (χ0v) is 14.8. The van der Waals surface area contributed by atoms with Gasteiger partial charge in [0, 0.05) is 51.8 Å². The number of amides is 3. The number of carbonyl (C=O) groups is 3. The van der Waals surface area contributed by atoms with Crippen LogP contribution < -0.4 is 10.6 Å². The summed E-state index contributed by atoms with van der Waals surface area (Å²) < 4.78 is 4.84. The molecular weight excluding hydrogens is 324 g/mol. The fourth-order valence-electron chi connectivity index (χ4n) is 4.16. The van der Waals surface area contributed by atoms with Crippen LogP contribution in [0, 0.1) is 0 Å². The van der Waals surface area contributed by atoms with Crippen LogP contribution in [0.15, 0.2) is 0 Å². The quantitative estimate of drug-likeness (QED) is 0.646. The Morgan fingerprint density at radius 3 is 2.80 bits per heavy atom. The molecule has 0 saturated carbocycles. The number of methoxy groups -OCH3 is 1. The van der Waals surface area contributed by atoms with E-state index in [4.69, 9.17) is 4.74 Å². The Morgan fingerprint density at radius 1 is 1.32 bits per heavy atom. The number of ether oxygens (including phenoxy) is 1. The number of likely N-dealkylation sites (tertiary alicyclic amines) is 1. The Hall–Kier alpha value is -1.67. The molecule has 2 N–H and O–H groups in total. The molecule has 8 nitrogen and oxygen atoms in total. The molecule has 0 aliphatic carbocycles. The summed E-state index contributed by atoms with van der Waals surface area (Å²) in [4.78, 5) is 40.3. The first-order valence-corrected chi connectivity index (χ1v) is 9.18. The van der Waals surface area contributed by atoms with Crippen molar-refractivity contribution in [2.75, 3.05) is 39.9 Å². The van der Waals surface area contributed by atoms with Crippen molar-refractivity contribution < 1.29 is 19.1 Å². The van der Waals surface area contributed by atoms with Gasteiger partial charge in [0.2, 0.25) is 17.7 Å². The summed E-state index contributed by atoms with van der Waals surface area (Å²) in [5, 5.41) is 5.88. The normalized spacial score (nSPS) is 29.4. The van der Waals surface area contributed by atoms with Crippen molar-refractivity contribution in [2.45, 2.75) is 50.2 Å². The molecule has 3 aliphatic rings. The molecule has 3 rings (SSSR count). The number of rotatable bonds is 6. The van der Waals surface area contributed by atoms with Gasteiger partial charge in [-0.25, -0.2) is 0 Å². The standard InChI is InChI=1S/C17H28N4O4/c1-25-11-15(22)19-12-8-14-17(24)18-9-13(21(14)10-12)4-5-16(23)20-6-2-3-7-20/h12-14H,2-11H2,1H3,(H,18,24)(H,19,22)/t12-,13+,14-/m0/s1. The fourth-order valence-corrected chi connectivity index (χ4v) is 4.16. The highest BCUT2D eigenvalue weighted by molar-refractivity contribution is 5.84. The third-order valence-electron chi connectivity index (χ3n) is 5.41. The lowest BCUT2D eigenvalue weighted by Crippen LogP contribution is -2.58. The molecule has 0 bridgehead atoms. The number of nitrogens with zero attached hydrogens (tertiary/aromatic N) is 2. The summed E-state index contributed by atoms with van der Waals surface area (Å²) in [7, 11) is 1.48. The van der Waals surface area contributed by atoms with Crippen LogP contribution in [0.4, 0.5) is 0 Å². The molecule has 3 heterocycles. The number of carbonyl (C=O) groups excluding carboxylic acids is 3. The van der Waals surface area contributed by atoms with Crippen molar-refractivity contribution >= 4 is 17.7 Å². The first kappa shape index (κ1) is 18.1. The van der Waals surface area contributed by atoms with Gasteiger partial charge in [0.25, 0.3) is 0 Å². The van der Waals surface area contributed by atoms with E-state index in [0.29, 0.717) is 25.9 Å². The van der Waals surface area contributed by atoms with Crippen molar-refractivity contribution in [2.24, 2.45) is 0 Å². The summed E-state index contributed by atoms with van der Waals surface area (Å²) in [6.45, 7) is 3.00. The largest absolute Gasteiger partial charge is 0.375 e. The third-order valence-corrected chi connectivity index (χ3v) is 5.41. The highest BCUT2D eigenvalue weighted by Crippen LogP contribution is 2.26. The molecule has 140 valence electrons. The summed E-state index contributed by atoms with van der Waals surface area (Å²) in [6.07, 6.45) is 4.07. The van der Waals surface area contributed by atoms with Gasteiger partial charge in [-0.2, -0.15) is 0 Å². The van der Waals surface area contributed by atoms with Gasteiger partial charge in [0.1, 0.15) is 6.61 Å². The molecule has 0 aromatic heterocycles. The number of piperazine rings is 1. The van der Waals surface area contributed by atoms with E-state index in [1.165, 1.54) is 7.11 Å². The van der Waals surface area contributed by atoms with E-state index < -0.39 is 0 Å². The van der Waals surface area contributed by atoms with E-state index in [9.17, 15) is 14.4 Å². The van der Waals surface area contributed by atoms with Crippen molar-refractivity contribution in [1.29, 1.82) is 0 Å². The van der Waals surface area contributed by atoms with E-state index >= 15 is 0 Å². The van der Waals surface area contributed by atoms with Crippen LogP contribution in [0.3, 0.4) is 0 Å². The van der Waals surface area contributed by atoms with Crippen LogP contribution in [0.5, 0.6) is 0 Å². The van der Waals surface area contributed by atoms with E-state index in [1.54, 1.807) is 0 Å². The average molecular weight is 352 g/mol. The van der Waals surface area contributed by atoms with Crippen molar-refractivity contribution in [3.05, 3.63) is 0 Å². The Labute approximate surface area is 148 Å². The average Bonchev–Trinajstić information content (AvgIpc) is 3.24. The zero-order chi connectivity index (χ0) is 17.8. The minimum absolute atomic E-state index is 0.0191. The van der Waals surface area contributed by atoms with E-state index in [-0.39, 0.29) is 42.5 Å². The van der Waals surface area contributed by atoms with Gasteiger partial charge in [0.05, 0.1) is 6.04 Å². The van der Waals surface area contributed by atoms with Gasteiger partial charge in [0.15, 0.2) is 0 Å². The number of hydrogen-bond acceptors (Lipinski definition) is 5. The minimum Gasteiger partial charge on any atom is -0.375 e. The second-order valence-electron chi connectivity index (χ2n) is 7.17.